The van der Waals surface area contributed by atoms with Crippen molar-refractivity contribution < 1.29 is 9.47 Å². The molecule has 0 spiro atoms. The lowest BCUT2D eigenvalue weighted by atomic mass is 10.0. The summed E-state index contributed by atoms with van der Waals surface area (Å²) in [5.41, 5.74) is 7.24. The molecule has 20 heavy (non-hydrogen) atoms. The van der Waals surface area contributed by atoms with Crippen LogP contribution < -0.4 is 10.5 Å². The Morgan fingerprint density at radius 1 is 1.50 bits per heavy atom. The van der Waals surface area contributed by atoms with Crippen LogP contribution >= 0.6 is 0 Å². The van der Waals surface area contributed by atoms with Crippen LogP contribution in [0.2, 0.25) is 0 Å². The Bertz CT molecular complexity index is 405. The third kappa shape index (κ3) is 3.72. The van der Waals surface area contributed by atoms with E-state index in [4.69, 9.17) is 15.2 Å². The van der Waals surface area contributed by atoms with E-state index in [0.29, 0.717) is 12.6 Å². The monoisotopic (exact) mass is 278 g/mol. The van der Waals surface area contributed by atoms with Crippen molar-refractivity contribution in [2.45, 2.75) is 31.9 Å². The first kappa shape index (κ1) is 15.3. The predicted octanol–water partition coefficient (Wildman–Crippen LogP) is 2.20. The van der Waals surface area contributed by atoms with Crippen molar-refractivity contribution in [3.63, 3.8) is 0 Å². The van der Waals surface area contributed by atoms with Crippen molar-refractivity contribution in [2.75, 3.05) is 33.4 Å². The highest BCUT2D eigenvalue weighted by molar-refractivity contribution is 5.30. The normalized spacial score (nSPS) is 20.3. The first-order chi connectivity index (χ1) is 9.78. The zero-order valence-corrected chi connectivity index (χ0v) is 12.5. The van der Waals surface area contributed by atoms with Gasteiger partial charge in [-0.3, -0.25) is 4.90 Å². The third-order valence-electron chi connectivity index (χ3n) is 4.01. The quantitative estimate of drug-likeness (QED) is 0.830. The first-order valence-electron chi connectivity index (χ1n) is 7.48. The minimum atomic E-state index is 0.222. The van der Waals surface area contributed by atoms with Crippen molar-refractivity contribution >= 4 is 0 Å². The third-order valence-corrected chi connectivity index (χ3v) is 4.01. The highest BCUT2D eigenvalue weighted by Crippen LogP contribution is 2.25. The van der Waals surface area contributed by atoms with E-state index in [9.17, 15) is 0 Å². The van der Waals surface area contributed by atoms with Crippen molar-refractivity contribution in [2.24, 2.45) is 5.73 Å². The maximum atomic E-state index is 6.02. The van der Waals surface area contributed by atoms with E-state index in [-0.39, 0.29) is 6.04 Å². The molecule has 0 aromatic heterocycles. The summed E-state index contributed by atoms with van der Waals surface area (Å²) < 4.78 is 11.1. The van der Waals surface area contributed by atoms with Crippen molar-refractivity contribution in [3.05, 3.63) is 29.8 Å². The average Bonchev–Trinajstić information content (AvgIpc) is 3.00. The van der Waals surface area contributed by atoms with Crippen LogP contribution in [-0.2, 0) is 4.74 Å². The lowest BCUT2D eigenvalue weighted by Gasteiger charge is -2.32. The Balaban J connectivity index is 2.10. The van der Waals surface area contributed by atoms with Crippen LogP contribution in [0.25, 0.3) is 0 Å². The van der Waals surface area contributed by atoms with Crippen molar-refractivity contribution in [3.8, 4) is 5.75 Å². The minimum absolute atomic E-state index is 0.222. The van der Waals surface area contributed by atoms with Gasteiger partial charge in [0, 0.05) is 25.7 Å². The zero-order chi connectivity index (χ0) is 14.4. The van der Waals surface area contributed by atoms with Gasteiger partial charge >= 0.3 is 0 Å². The topological polar surface area (TPSA) is 47.7 Å². The second kappa shape index (κ2) is 7.62. The molecule has 2 unspecified atom stereocenters. The molecule has 1 saturated heterocycles. The van der Waals surface area contributed by atoms with E-state index in [1.54, 1.807) is 7.11 Å². The van der Waals surface area contributed by atoms with Crippen LogP contribution in [0.15, 0.2) is 24.3 Å². The van der Waals surface area contributed by atoms with E-state index in [1.165, 1.54) is 12.0 Å². The number of rotatable bonds is 7. The van der Waals surface area contributed by atoms with Gasteiger partial charge in [-0.05, 0) is 37.1 Å². The number of likely N-dealkylation sites (N-methyl/N-ethyl adjacent to an activating group) is 1. The fraction of sp³-hybridized carbons (Fsp3) is 0.625. The molecule has 0 radical (unpaired) electrons. The molecule has 0 bridgehead atoms. The standard InChI is InChI=1S/C16H26N2O2/c1-3-18(12-15-8-5-9-20-15)16(11-17)13-6-4-7-14(10-13)19-2/h4,6-7,10,15-16H,3,5,8-9,11-12,17H2,1-2H3. The maximum absolute atomic E-state index is 6.02. The SMILES string of the molecule is CCN(CC1CCCO1)C(CN)c1cccc(OC)c1. The van der Waals surface area contributed by atoms with E-state index in [1.807, 2.05) is 12.1 Å². The predicted molar refractivity (Wildman–Crippen MR) is 81.0 cm³/mol. The minimum Gasteiger partial charge on any atom is -0.497 e. The Morgan fingerprint density at radius 2 is 2.35 bits per heavy atom. The molecule has 1 aromatic carbocycles. The molecule has 112 valence electrons. The Kier molecular flexibility index (Phi) is 5.83. The Morgan fingerprint density at radius 3 is 2.95 bits per heavy atom. The van der Waals surface area contributed by atoms with Gasteiger partial charge in [0.25, 0.3) is 0 Å². The number of ether oxygens (including phenoxy) is 2. The molecule has 1 aromatic rings. The van der Waals surface area contributed by atoms with Crippen LogP contribution in [0, 0.1) is 0 Å². The van der Waals surface area contributed by atoms with E-state index in [0.717, 1.165) is 31.9 Å². The highest BCUT2D eigenvalue weighted by Gasteiger charge is 2.24. The molecule has 0 saturated carbocycles. The van der Waals surface area contributed by atoms with Crippen molar-refractivity contribution in [1.82, 2.24) is 4.90 Å². The summed E-state index contributed by atoms with van der Waals surface area (Å²) in [5, 5.41) is 0. The average molecular weight is 278 g/mol. The van der Waals surface area contributed by atoms with Gasteiger partial charge in [0.1, 0.15) is 5.75 Å². The summed E-state index contributed by atoms with van der Waals surface area (Å²) in [7, 11) is 1.69. The van der Waals surface area contributed by atoms with Gasteiger partial charge in [-0.15, -0.1) is 0 Å². The largest absolute Gasteiger partial charge is 0.497 e. The van der Waals surface area contributed by atoms with Gasteiger partial charge < -0.3 is 15.2 Å². The van der Waals surface area contributed by atoms with Crippen LogP contribution in [0.5, 0.6) is 5.75 Å². The smallest absolute Gasteiger partial charge is 0.119 e. The molecule has 2 atom stereocenters. The molecule has 0 aliphatic carbocycles. The van der Waals surface area contributed by atoms with E-state index in [2.05, 4.69) is 24.0 Å². The van der Waals surface area contributed by atoms with Gasteiger partial charge in [0.15, 0.2) is 0 Å². The lowest BCUT2D eigenvalue weighted by molar-refractivity contribution is 0.0601. The fourth-order valence-electron chi connectivity index (χ4n) is 2.87. The summed E-state index contributed by atoms with van der Waals surface area (Å²) in [6.45, 7) is 5.61. The van der Waals surface area contributed by atoms with Gasteiger partial charge in [-0.2, -0.15) is 0 Å². The summed E-state index contributed by atoms with van der Waals surface area (Å²) in [5.74, 6) is 0.883. The molecule has 2 rings (SSSR count). The van der Waals surface area contributed by atoms with Gasteiger partial charge in [-0.25, -0.2) is 0 Å². The van der Waals surface area contributed by atoms with Crippen LogP contribution in [-0.4, -0.2) is 44.4 Å². The second-order valence-corrected chi connectivity index (χ2v) is 5.25. The Hall–Kier alpha value is -1.10. The molecule has 1 aliphatic rings. The van der Waals surface area contributed by atoms with Crippen molar-refractivity contribution in [1.29, 1.82) is 0 Å². The zero-order valence-electron chi connectivity index (χ0n) is 12.5. The Labute approximate surface area is 121 Å². The lowest BCUT2D eigenvalue weighted by Crippen LogP contribution is -2.38. The molecular formula is C16H26N2O2. The molecule has 1 heterocycles. The van der Waals surface area contributed by atoms with E-state index >= 15 is 0 Å². The summed E-state index contributed by atoms with van der Waals surface area (Å²) >= 11 is 0. The molecule has 1 fully saturated rings. The van der Waals surface area contributed by atoms with Crippen LogP contribution in [0.1, 0.15) is 31.4 Å². The first-order valence-corrected chi connectivity index (χ1v) is 7.48. The molecule has 4 nitrogen and oxygen atoms in total. The van der Waals surface area contributed by atoms with Crippen LogP contribution in [0.4, 0.5) is 0 Å². The number of methoxy groups -OCH3 is 1. The number of nitrogens with two attached hydrogens (primary N) is 1. The van der Waals surface area contributed by atoms with Gasteiger partial charge in [-0.1, -0.05) is 19.1 Å². The summed E-state index contributed by atoms with van der Waals surface area (Å²) in [6, 6.07) is 8.41. The number of benzene rings is 1. The number of hydrogen-bond acceptors (Lipinski definition) is 4. The molecule has 4 heteroatoms. The summed E-state index contributed by atoms with van der Waals surface area (Å²) in [4.78, 5) is 2.41. The molecular weight excluding hydrogens is 252 g/mol. The summed E-state index contributed by atoms with van der Waals surface area (Å²) in [6.07, 6.45) is 2.69. The van der Waals surface area contributed by atoms with Crippen LogP contribution in [0.3, 0.4) is 0 Å². The molecule has 1 aliphatic heterocycles. The van der Waals surface area contributed by atoms with E-state index < -0.39 is 0 Å². The second-order valence-electron chi connectivity index (χ2n) is 5.25. The highest BCUT2D eigenvalue weighted by atomic mass is 16.5. The number of hydrogen-bond donors (Lipinski definition) is 1. The molecule has 2 N–H and O–H groups in total. The van der Waals surface area contributed by atoms with Gasteiger partial charge in [0.05, 0.1) is 13.2 Å². The van der Waals surface area contributed by atoms with Gasteiger partial charge in [0.2, 0.25) is 0 Å². The number of nitrogens with zero attached hydrogens (tertiary/aromatic N) is 1. The molecule has 0 amide bonds. The fourth-order valence-corrected chi connectivity index (χ4v) is 2.87. The maximum Gasteiger partial charge on any atom is 0.119 e.